The van der Waals surface area contributed by atoms with Crippen molar-refractivity contribution in [2.75, 3.05) is 10.7 Å². The second-order valence-corrected chi connectivity index (χ2v) is 5.71. The summed E-state index contributed by atoms with van der Waals surface area (Å²) in [5, 5.41) is 3.61. The van der Waals surface area contributed by atoms with Crippen LogP contribution in [0.3, 0.4) is 0 Å². The monoisotopic (exact) mass is 277 g/mol. The highest BCUT2D eigenvalue weighted by atomic mass is 15.3. The van der Waals surface area contributed by atoms with Crippen LogP contribution in [0.1, 0.15) is 57.9 Å². The fraction of sp³-hybridized carbons (Fsp3) is 0.733. The van der Waals surface area contributed by atoms with Crippen molar-refractivity contribution in [3.8, 4) is 0 Å². The molecule has 0 bridgehead atoms. The van der Waals surface area contributed by atoms with E-state index in [4.69, 9.17) is 5.84 Å². The molecule has 1 saturated carbocycles. The van der Waals surface area contributed by atoms with Gasteiger partial charge >= 0.3 is 0 Å². The molecule has 0 amide bonds. The zero-order valence-electron chi connectivity index (χ0n) is 12.7. The number of rotatable bonds is 6. The Morgan fingerprint density at radius 2 is 1.85 bits per heavy atom. The number of hydrazine groups is 1. The molecule has 0 unspecified atom stereocenters. The fourth-order valence-corrected chi connectivity index (χ4v) is 3.06. The summed E-state index contributed by atoms with van der Waals surface area (Å²) in [5.41, 5.74) is 3.79. The van der Waals surface area contributed by atoms with Gasteiger partial charge in [0, 0.05) is 11.6 Å². The van der Waals surface area contributed by atoms with Crippen LogP contribution in [0, 0.1) is 5.92 Å². The number of aromatic nitrogens is 2. The van der Waals surface area contributed by atoms with E-state index in [2.05, 4.69) is 34.6 Å². The number of hydrogen-bond acceptors (Lipinski definition) is 5. The molecule has 2 rings (SSSR count). The van der Waals surface area contributed by atoms with E-state index in [-0.39, 0.29) is 0 Å². The maximum Gasteiger partial charge on any atom is 0.148 e. The van der Waals surface area contributed by atoms with Gasteiger partial charge in [-0.15, -0.1) is 0 Å². The Hall–Kier alpha value is -1.36. The van der Waals surface area contributed by atoms with Gasteiger partial charge in [-0.3, -0.25) is 0 Å². The number of hydrogen-bond donors (Lipinski definition) is 3. The van der Waals surface area contributed by atoms with Gasteiger partial charge in [-0.05, 0) is 38.0 Å². The van der Waals surface area contributed by atoms with E-state index >= 15 is 0 Å². The summed E-state index contributed by atoms with van der Waals surface area (Å²) in [6, 6.07) is 0.536. The van der Waals surface area contributed by atoms with Crippen molar-refractivity contribution in [2.45, 2.75) is 64.8 Å². The van der Waals surface area contributed by atoms with Crippen molar-refractivity contribution in [3.05, 3.63) is 11.9 Å². The van der Waals surface area contributed by atoms with E-state index in [1.54, 1.807) is 6.33 Å². The first-order valence-electron chi connectivity index (χ1n) is 7.85. The third-order valence-electron chi connectivity index (χ3n) is 4.35. The summed E-state index contributed by atoms with van der Waals surface area (Å²) < 4.78 is 0. The fourth-order valence-electron chi connectivity index (χ4n) is 3.06. The Morgan fingerprint density at radius 1 is 1.15 bits per heavy atom. The molecular weight excluding hydrogens is 250 g/mol. The molecule has 0 radical (unpaired) electrons. The maximum absolute atomic E-state index is 5.55. The highest BCUT2D eigenvalue weighted by Crippen LogP contribution is 2.29. The Balaban J connectivity index is 2.05. The second kappa shape index (κ2) is 7.43. The number of nitrogen functional groups attached to an aromatic ring is 1. The molecular formula is C15H27N5. The standard InChI is InChI=1S/C15H27N5/c1-3-5-13-14(17-10-18-15(13)20-16)19-12-8-6-11(4-2)7-9-12/h10-12H,3-9,16H2,1-2H3,(H2,17,18,19,20). The molecule has 1 aliphatic carbocycles. The molecule has 1 aromatic rings. The van der Waals surface area contributed by atoms with Crippen LogP contribution in [0.4, 0.5) is 11.6 Å². The first-order chi connectivity index (χ1) is 9.78. The van der Waals surface area contributed by atoms with Gasteiger partial charge in [-0.25, -0.2) is 15.8 Å². The lowest BCUT2D eigenvalue weighted by molar-refractivity contribution is 0.329. The number of nitrogens with two attached hydrogens (primary N) is 1. The summed E-state index contributed by atoms with van der Waals surface area (Å²) in [6.07, 6.45) is 10.00. The Bertz CT molecular complexity index is 413. The smallest absolute Gasteiger partial charge is 0.148 e. The predicted octanol–water partition coefficient (Wildman–Crippen LogP) is 3.10. The summed E-state index contributed by atoms with van der Waals surface area (Å²) in [7, 11) is 0. The molecule has 1 heterocycles. The maximum atomic E-state index is 5.55. The Kier molecular flexibility index (Phi) is 5.59. The second-order valence-electron chi connectivity index (χ2n) is 5.71. The van der Waals surface area contributed by atoms with E-state index in [0.717, 1.165) is 36.0 Å². The van der Waals surface area contributed by atoms with Crippen LogP contribution < -0.4 is 16.6 Å². The van der Waals surface area contributed by atoms with Gasteiger partial charge in [0.1, 0.15) is 18.0 Å². The van der Waals surface area contributed by atoms with E-state index in [1.807, 2.05) is 0 Å². The van der Waals surface area contributed by atoms with Gasteiger partial charge in [0.25, 0.3) is 0 Å². The zero-order valence-corrected chi connectivity index (χ0v) is 12.7. The van der Waals surface area contributed by atoms with E-state index in [9.17, 15) is 0 Å². The van der Waals surface area contributed by atoms with Crippen molar-refractivity contribution in [1.29, 1.82) is 0 Å². The predicted molar refractivity (Wildman–Crippen MR) is 83.5 cm³/mol. The minimum absolute atomic E-state index is 0.536. The molecule has 4 N–H and O–H groups in total. The molecule has 5 nitrogen and oxygen atoms in total. The van der Waals surface area contributed by atoms with Gasteiger partial charge in [0.2, 0.25) is 0 Å². The van der Waals surface area contributed by atoms with Crippen molar-refractivity contribution in [3.63, 3.8) is 0 Å². The largest absolute Gasteiger partial charge is 0.367 e. The summed E-state index contributed by atoms with van der Waals surface area (Å²) in [4.78, 5) is 8.63. The average molecular weight is 277 g/mol. The minimum atomic E-state index is 0.536. The average Bonchev–Trinajstić information content (AvgIpc) is 2.50. The van der Waals surface area contributed by atoms with Gasteiger partial charge in [-0.1, -0.05) is 26.7 Å². The van der Waals surface area contributed by atoms with Crippen molar-refractivity contribution in [2.24, 2.45) is 11.8 Å². The highest BCUT2D eigenvalue weighted by molar-refractivity contribution is 5.57. The lowest BCUT2D eigenvalue weighted by atomic mass is 9.84. The summed E-state index contributed by atoms with van der Waals surface area (Å²) >= 11 is 0. The van der Waals surface area contributed by atoms with Crippen LogP contribution in [-0.2, 0) is 6.42 Å². The van der Waals surface area contributed by atoms with Crippen LogP contribution in [0.2, 0.25) is 0 Å². The van der Waals surface area contributed by atoms with Crippen LogP contribution in [-0.4, -0.2) is 16.0 Å². The molecule has 0 atom stereocenters. The topological polar surface area (TPSA) is 75.9 Å². The normalized spacial score (nSPS) is 22.6. The number of anilines is 2. The summed E-state index contributed by atoms with van der Waals surface area (Å²) in [6.45, 7) is 4.45. The molecule has 1 aromatic heterocycles. The molecule has 1 aliphatic rings. The van der Waals surface area contributed by atoms with Crippen LogP contribution in [0.15, 0.2) is 6.33 Å². The third-order valence-corrected chi connectivity index (χ3v) is 4.35. The van der Waals surface area contributed by atoms with Crippen LogP contribution >= 0.6 is 0 Å². The van der Waals surface area contributed by atoms with Gasteiger partial charge in [0.15, 0.2) is 0 Å². The molecule has 0 saturated heterocycles. The zero-order chi connectivity index (χ0) is 14.4. The molecule has 1 fully saturated rings. The SMILES string of the molecule is CCCc1c(NN)ncnc1NC1CCC(CC)CC1. The van der Waals surface area contributed by atoms with Crippen molar-refractivity contribution in [1.82, 2.24) is 9.97 Å². The van der Waals surface area contributed by atoms with Crippen LogP contribution in [0.5, 0.6) is 0 Å². The van der Waals surface area contributed by atoms with Crippen molar-refractivity contribution >= 4 is 11.6 Å². The van der Waals surface area contributed by atoms with E-state index < -0.39 is 0 Å². The van der Waals surface area contributed by atoms with Gasteiger partial charge in [0.05, 0.1) is 0 Å². The number of nitrogens with zero attached hydrogens (tertiary/aromatic N) is 2. The number of nitrogens with one attached hydrogen (secondary N) is 2. The molecule has 20 heavy (non-hydrogen) atoms. The van der Waals surface area contributed by atoms with Gasteiger partial charge < -0.3 is 10.7 Å². The van der Waals surface area contributed by atoms with E-state index in [0.29, 0.717) is 6.04 Å². The first kappa shape index (κ1) is 15.0. The molecule has 112 valence electrons. The third kappa shape index (κ3) is 3.60. The molecule has 0 aliphatic heterocycles. The van der Waals surface area contributed by atoms with E-state index in [1.165, 1.54) is 32.1 Å². The quantitative estimate of drug-likeness (QED) is 0.550. The van der Waals surface area contributed by atoms with Gasteiger partial charge in [-0.2, -0.15) is 0 Å². The molecule has 0 spiro atoms. The first-order valence-corrected chi connectivity index (χ1v) is 7.85. The van der Waals surface area contributed by atoms with Crippen LogP contribution in [0.25, 0.3) is 0 Å². The Labute approximate surface area is 121 Å². The highest BCUT2D eigenvalue weighted by Gasteiger charge is 2.21. The Morgan fingerprint density at radius 3 is 2.45 bits per heavy atom. The lowest BCUT2D eigenvalue weighted by Gasteiger charge is -2.29. The molecule has 5 heteroatoms. The minimum Gasteiger partial charge on any atom is -0.367 e. The van der Waals surface area contributed by atoms with Crippen molar-refractivity contribution < 1.29 is 0 Å². The summed E-state index contributed by atoms with van der Waals surface area (Å²) in [5.74, 6) is 8.16. The molecule has 0 aromatic carbocycles. The lowest BCUT2D eigenvalue weighted by Crippen LogP contribution is -2.27.